The standard InChI is InChI=1S/C10H17N3O/c1-13-7-12-10(9(13)6-11)8-2-4-14-5-3-8/h7-8H,2-6,11H2,1H3. The van der Waals surface area contributed by atoms with Crippen molar-refractivity contribution in [1.29, 1.82) is 0 Å². The fraction of sp³-hybridized carbons (Fsp3) is 0.700. The first-order valence-electron chi connectivity index (χ1n) is 5.11. The van der Waals surface area contributed by atoms with E-state index in [1.54, 1.807) is 0 Å². The molecule has 1 aliphatic heterocycles. The van der Waals surface area contributed by atoms with Gasteiger partial charge in [0.15, 0.2) is 0 Å². The summed E-state index contributed by atoms with van der Waals surface area (Å²) in [5, 5.41) is 0. The predicted molar refractivity (Wildman–Crippen MR) is 53.9 cm³/mol. The molecule has 1 saturated heterocycles. The predicted octanol–water partition coefficient (Wildman–Crippen LogP) is 0.773. The van der Waals surface area contributed by atoms with Crippen molar-refractivity contribution in [1.82, 2.24) is 9.55 Å². The Hall–Kier alpha value is -0.870. The zero-order chi connectivity index (χ0) is 9.97. The third kappa shape index (κ3) is 1.67. The first-order chi connectivity index (χ1) is 6.83. The van der Waals surface area contributed by atoms with Crippen LogP contribution in [0.15, 0.2) is 6.33 Å². The summed E-state index contributed by atoms with van der Waals surface area (Å²) < 4.78 is 7.35. The highest BCUT2D eigenvalue weighted by atomic mass is 16.5. The van der Waals surface area contributed by atoms with Crippen molar-refractivity contribution in [2.24, 2.45) is 12.8 Å². The fourth-order valence-electron chi connectivity index (χ4n) is 2.03. The molecule has 1 fully saturated rings. The molecule has 2 N–H and O–H groups in total. The van der Waals surface area contributed by atoms with Gasteiger partial charge in [0.05, 0.1) is 17.7 Å². The maximum Gasteiger partial charge on any atom is 0.0949 e. The smallest absolute Gasteiger partial charge is 0.0949 e. The summed E-state index contributed by atoms with van der Waals surface area (Å²) >= 11 is 0. The lowest BCUT2D eigenvalue weighted by Crippen LogP contribution is -2.17. The highest BCUT2D eigenvalue weighted by Crippen LogP contribution is 2.27. The van der Waals surface area contributed by atoms with E-state index in [1.165, 1.54) is 5.69 Å². The van der Waals surface area contributed by atoms with Gasteiger partial charge in [-0.3, -0.25) is 0 Å². The van der Waals surface area contributed by atoms with Gasteiger partial charge in [-0.2, -0.15) is 0 Å². The Bertz CT molecular complexity index is 302. The third-order valence-electron chi connectivity index (χ3n) is 2.89. The van der Waals surface area contributed by atoms with Crippen molar-refractivity contribution in [3.05, 3.63) is 17.7 Å². The van der Waals surface area contributed by atoms with Crippen molar-refractivity contribution in [3.8, 4) is 0 Å². The van der Waals surface area contributed by atoms with Crippen molar-refractivity contribution in [3.63, 3.8) is 0 Å². The Kier molecular flexibility index (Phi) is 2.84. The molecule has 0 unspecified atom stereocenters. The molecule has 0 aliphatic carbocycles. The van der Waals surface area contributed by atoms with Crippen LogP contribution in [0.1, 0.15) is 30.1 Å². The number of hydrogen-bond donors (Lipinski definition) is 1. The lowest BCUT2D eigenvalue weighted by molar-refractivity contribution is 0.0844. The van der Waals surface area contributed by atoms with E-state index >= 15 is 0 Å². The van der Waals surface area contributed by atoms with Crippen LogP contribution in [-0.2, 0) is 18.3 Å². The van der Waals surface area contributed by atoms with Gasteiger partial charge in [-0.1, -0.05) is 0 Å². The molecule has 14 heavy (non-hydrogen) atoms. The summed E-state index contributed by atoms with van der Waals surface area (Å²) in [4.78, 5) is 4.44. The van der Waals surface area contributed by atoms with Gasteiger partial charge in [-0.15, -0.1) is 0 Å². The van der Waals surface area contributed by atoms with Crippen LogP contribution in [0.25, 0.3) is 0 Å². The molecule has 1 aromatic heterocycles. The highest BCUT2D eigenvalue weighted by Gasteiger charge is 2.21. The van der Waals surface area contributed by atoms with Crippen LogP contribution >= 0.6 is 0 Å². The Labute approximate surface area is 84.1 Å². The molecule has 0 bridgehead atoms. The van der Waals surface area contributed by atoms with Crippen LogP contribution in [0.3, 0.4) is 0 Å². The topological polar surface area (TPSA) is 53.1 Å². The second kappa shape index (κ2) is 4.11. The lowest BCUT2D eigenvalue weighted by atomic mass is 9.95. The average Bonchev–Trinajstić information content (AvgIpc) is 2.61. The quantitative estimate of drug-likeness (QED) is 0.758. The molecule has 4 heteroatoms. The summed E-state index contributed by atoms with van der Waals surface area (Å²) in [5.41, 5.74) is 8.05. The molecule has 2 heterocycles. The van der Waals surface area contributed by atoms with Gasteiger partial charge >= 0.3 is 0 Å². The molecule has 0 saturated carbocycles. The van der Waals surface area contributed by atoms with Crippen LogP contribution in [-0.4, -0.2) is 22.8 Å². The highest BCUT2D eigenvalue weighted by molar-refractivity contribution is 5.18. The molecular formula is C10H17N3O. The van der Waals surface area contributed by atoms with Crippen molar-refractivity contribution in [2.75, 3.05) is 13.2 Å². The molecular weight excluding hydrogens is 178 g/mol. The molecule has 1 aromatic rings. The van der Waals surface area contributed by atoms with Gasteiger partial charge in [-0.05, 0) is 12.8 Å². The molecule has 0 aromatic carbocycles. The van der Waals surface area contributed by atoms with E-state index in [4.69, 9.17) is 10.5 Å². The van der Waals surface area contributed by atoms with Crippen molar-refractivity contribution in [2.45, 2.75) is 25.3 Å². The van der Waals surface area contributed by atoms with E-state index in [9.17, 15) is 0 Å². The fourth-order valence-corrected chi connectivity index (χ4v) is 2.03. The van der Waals surface area contributed by atoms with Gasteiger partial charge < -0.3 is 15.0 Å². The molecule has 0 spiro atoms. The van der Waals surface area contributed by atoms with E-state index < -0.39 is 0 Å². The minimum absolute atomic E-state index is 0.545. The molecule has 78 valence electrons. The molecule has 0 radical (unpaired) electrons. The number of ether oxygens (including phenoxy) is 1. The zero-order valence-electron chi connectivity index (χ0n) is 8.57. The Balaban J connectivity index is 2.21. The summed E-state index contributed by atoms with van der Waals surface area (Å²) in [7, 11) is 2.00. The molecule has 4 nitrogen and oxygen atoms in total. The Morgan fingerprint density at radius 1 is 1.57 bits per heavy atom. The maximum absolute atomic E-state index is 5.71. The normalized spacial score (nSPS) is 18.7. The molecule has 2 rings (SSSR count). The van der Waals surface area contributed by atoms with Crippen LogP contribution in [0.5, 0.6) is 0 Å². The second-order valence-electron chi connectivity index (χ2n) is 3.78. The second-order valence-corrected chi connectivity index (χ2v) is 3.78. The number of nitrogens with zero attached hydrogens (tertiary/aromatic N) is 2. The average molecular weight is 195 g/mol. The first-order valence-corrected chi connectivity index (χ1v) is 5.11. The first kappa shape index (κ1) is 9.68. The van der Waals surface area contributed by atoms with Gasteiger partial charge in [0.1, 0.15) is 0 Å². The third-order valence-corrected chi connectivity index (χ3v) is 2.89. The monoisotopic (exact) mass is 195 g/mol. The van der Waals surface area contributed by atoms with E-state index in [-0.39, 0.29) is 0 Å². The number of hydrogen-bond acceptors (Lipinski definition) is 3. The number of nitrogens with two attached hydrogens (primary N) is 1. The van der Waals surface area contributed by atoms with Gasteiger partial charge in [0.25, 0.3) is 0 Å². The van der Waals surface area contributed by atoms with Gasteiger partial charge in [0.2, 0.25) is 0 Å². The largest absolute Gasteiger partial charge is 0.381 e. The Morgan fingerprint density at radius 3 is 2.93 bits per heavy atom. The summed E-state index contributed by atoms with van der Waals surface area (Å²) in [5.74, 6) is 0.545. The van der Waals surface area contributed by atoms with Gasteiger partial charge in [-0.25, -0.2) is 4.98 Å². The van der Waals surface area contributed by atoms with E-state index in [0.717, 1.165) is 31.7 Å². The Morgan fingerprint density at radius 2 is 2.29 bits per heavy atom. The van der Waals surface area contributed by atoms with Crippen LogP contribution in [0.2, 0.25) is 0 Å². The summed E-state index contributed by atoms with van der Waals surface area (Å²) in [6.45, 7) is 2.28. The van der Waals surface area contributed by atoms with Crippen LogP contribution in [0.4, 0.5) is 0 Å². The lowest BCUT2D eigenvalue weighted by Gasteiger charge is -2.21. The number of aromatic nitrogens is 2. The minimum atomic E-state index is 0.545. The van der Waals surface area contributed by atoms with Crippen LogP contribution in [0, 0.1) is 0 Å². The zero-order valence-corrected chi connectivity index (χ0v) is 8.57. The van der Waals surface area contributed by atoms with E-state index in [0.29, 0.717) is 12.5 Å². The van der Waals surface area contributed by atoms with Gasteiger partial charge in [0, 0.05) is 32.7 Å². The van der Waals surface area contributed by atoms with E-state index in [2.05, 4.69) is 4.98 Å². The molecule has 0 amide bonds. The number of aryl methyl sites for hydroxylation is 1. The van der Waals surface area contributed by atoms with E-state index in [1.807, 2.05) is 17.9 Å². The number of imidazole rings is 1. The van der Waals surface area contributed by atoms with Crippen LogP contribution < -0.4 is 5.73 Å². The van der Waals surface area contributed by atoms with Crippen molar-refractivity contribution < 1.29 is 4.74 Å². The SMILES string of the molecule is Cn1cnc(C2CCOCC2)c1CN. The van der Waals surface area contributed by atoms with Crippen molar-refractivity contribution >= 4 is 0 Å². The minimum Gasteiger partial charge on any atom is -0.381 e. The molecule has 1 aliphatic rings. The summed E-state index contributed by atoms with van der Waals surface area (Å²) in [6, 6.07) is 0. The molecule has 0 atom stereocenters. The maximum atomic E-state index is 5.71. The summed E-state index contributed by atoms with van der Waals surface area (Å²) in [6.07, 6.45) is 4.00. The number of rotatable bonds is 2.